The molecule has 7 nitrogen and oxygen atoms in total. The lowest BCUT2D eigenvalue weighted by Crippen LogP contribution is -2.45. The van der Waals surface area contributed by atoms with Crippen molar-refractivity contribution in [2.45, 2.75) is 50.3 Å². The van der Waals surface area contributed by atoms with Gasteiger partial charge in [0.15, 0.2) is 17.4 Å². The second-order valence-corrected chi connectivity index (χ2v) is 8.11. The van der Waals surface area contributed by atoms with Crippen LogP contribution >= 0.6 is 0 Å². The summed E-state index contributed by atoms with van der Waals surface area (Å²) in [5.41, 5.74) is 1.87. The SMILES string of the molecule is COc1c(F)cc(CC(NC(=O)N[C@H]2CC[C@H](O)CC2)c2nc3ccccc3[nH]2)cc1F. The Morgan fingerprint density at radius 1 is 1.22 bits per heavy atom. The highest BCUT2D eigenvalue weighted by molar-refractivity contribution is 5.76. The molecule has 1 unspecified atom stereocenters. The van der Waals surface area contributed by atoms with Crippen LogP contribution < -0.4 is 15.4 Å². The molecule has 170 valence electrons. The molecule has 0 spiro atoms. The molecule has 2 amide bonds. The lowest BCUT2D eigenvalue weighted by molar-refractivity contribution is 0.117. The summed E-state index contributed by atoms with van der Waals surface area (Å²) in [4.78, 5) is 20.5. The average Bonchev–Trinajstić information content (AvgIpc) is 3.19. The third-order valence-electron chi connectivity index (χ3n) is 5.78. The molecule has 1 aromatic heterocycles. The standard InChI is InChI=1S/C23H26F2N4O3/c1-32-21-16(24)10-13(11-17(21)25)12-20(22-27-18-4-2-3-5-19(18)28-22)29-23(31)26-14-6-8-15(30)9-7-14/h2-5,10-11,14-15,20,30H,6-9,12H2,1H3,(H,27,28)(H2,26,29,31)/t14-,15-,20?. The Morgan fingerprint density at radius 2 is 1.91 bits per heavy atom. The number of rotatable bonds is 6. The van der Waals surface area contributed by atoms with Gasteiger partial charge in [0.1, 0.15) is 5.82 Å². The van der Waals surface area contributed by atoms with Crippen LogP contribution in [0.25, 0.3) is 11.0 Å². The van der Waals surface area contributed by atoms with E-state index in [1.54, 1.807) is 0 Å². The van der Waals surface area contributed by atoms with E-state index in [2.05, 4.69) is 20.6 Å². The van der Waals surface area contributed by atoms with Gasteiger partial charge >= 0.3 is 6.03 Å². The summed E-state index contributed by atoms with van der Waals surface area (Å²) in [5, 5.41) is 15.5. The van der Waals surface area contributed by atoms with Crippen molar-refractivity contribution in [1.29, 1.82) is 0 Å². The van der Waals surface area contributed by atoms with E-state index in [0.29, 0.717) is 37.1 Å². The minimum atomic E-state index is -0.809. The number of methoxy groups -OCH3 is 1. The number of nitrogens with zero attached hydrogens (tertiary/aromatic N) is 1. The number of carbonyl (C=O) groups excluding carboxylic acids is 1. The lowest BCUT2D eigenvalue weighted by atomic mass is 9.93. The first-order valence-corrected chi connectivity index (χ1v) is 10.6. The van der Waals surface area contributed by atoms with Crippen LogP contribution in [0, 0.1) is 11.6 Å². The van der Waals surface area contributed by atoms with Crippen molar-refractivity contribution < 1.29 is 23.4 Å². The second kappa shape index (κ2) is 9.52. The Bertz CT molecular complexity index is 1040. The zero-order valence-corrected chi connectivity index (χ0v) is 17.7. The third-order valence-corrected chi connectivity index (χ3v) is 5.78. The highest BCUT2D eigenvalue weighted by Crippen LogP contribution is 2.26. The number of urea groups is 1. The van der Waals surface area contributed by atoms with Crippen LogP contribution in [0.4, 0.5) is 13.6 Å². The summed E-state index contributed by atoms with van der Waals surface area (Å²) >= 11 is 0. The molecule has 1 aliphatic carbocycles. The van der Waals surface area contributed by atoms with Gasteiger partial charge in [-0.1, -0.05) is 12.1 Å². The first-order valence-electron chi connectivity index (χ1n) is 10.6. The molecule has 1 atom stereocenters. The maximum absolute atomic E-state index is 14.2. The molecule has 4 rings (SSSR count). The Kier molecular flexibility index (Phi) is 6.55. The van der Waals surface area contributed by atoms with E-state index in [1.807, 2.05) is 24.3 Å². The van der Waals surface area contributed by atoms with Crippen molar-refractivity contribution in [1.82, 2.24) is 20.6 Å². The van der Waals surface area contributed by atoms with E-state index in [4.69, 9.17) is 4.74 Å². The van der Waals surface area contributed by atoms with Crippen LogP contribution in [-0.2, 0) is 6.42 Å². The number of para-hydroxylation sites is 2. The Hall–Kier alpha value is -3.20. The molecule has 1 heterocycles. The number of hydrogen-bond donors (Lipinski definition) is 4. The van der Waals surface area contributed by atoms with Gasteiger partial charge in [-0.2, -0.15) is 0 Å². The number of aromatic nitrogens is 2. The molecule has 3 aromatic rings. The van der Waals surface area contributed by atoms with E-state index in [1.165, 1.54) is 19.2 Å². The van der Waals surface area contributed by atoms with Gasteiger partial charge in [-0.3, -0.25) is 0 Å². The number of ether oxygens (including phenoxy) is 1. The largest absolute Gasteiger partial charge is 0.491 e. The van der Waals surface area contributed by atoms with Crippen LogP contribution in [0.2, 0.25) is 0 Å². The Labute approximate surface area is 184 Å². The maximum atomic E-state index is 14.2. The van der Waals surface area contributed by atoms with Crippen molar-refractivity contribution >= 4 is 17.1 Å². The van der Waals surface area contributed by atoms with Gasteiger partial charge in [0.05, 0.1) is 30.3 Å². The number of hydrogen-bond acceptors (Lipinski definition) is 4. The summed E-state index contributed by atoms with van der Waals surface area (Å²) < 4.78 is 33.2. The first kappa shape index (κ1) is 22.0. The zero-order valence-electron chi connectivity index (χ0n) is 17.7. The van der Waals surface area contributed by atoms with E-state index in [0.717, 1.165) is 11.0 Å². The monoisotopic (exact) mass is 444 g/mol. The molecular formula is C23H26F2N4O3. The smallest absolute Gasteiger partial charge is 0.315 e. The van der Waals surface area contributed by atoms with Gasteiger partial charge in [0.2, 0.25) is 0 Å². The van der Waals surface area contributed by atoms with E-state index in [-0.39, 0.29) is 18.6 Å². The lowest BCUT2D eigenvalue weighted by Gasteiger charge is -2.27. The minimum absolute atomic E-state index is 0.0365. The molecule has 4 N–H and O–H groups in total. The van der Waals surface area contributed by atoms with E-state index in [9.17, 15) is 18.7 Å². The van der Waals surface area contributed by atoms with Crippen LogP contribution in [0.1, 0.15) is 43.1 Å². The fourth-order valence-corrected chi connectivity index (χ4v) is 4.12. The molecule has 1 saturated carbocycles. The predicted octanol–water partition coefficient (Wildman–Crippen LogP) is 3.74. The quantitative estimate of drug-likeness (QED) is 0.466. The number of amides is 2. The molecule has 0 bridgehead atoms. The highest BCUT2D eigenvalue weighted by atomic mass is 19.1. The van der Waals surface area contributed by atoms with Gasteiger partial charge in [0.25, 0.3) is 0 Å². The van der Waals surface area contributed by atoms with Crippen molar-refractivity contribution in [3.05, 3.63) is 59.4 Å². The Morgan fingerprint density at radius 3 is 2.56 bits per heavy atom. The topological polar surface area (TPSA) is 99.3 Å². The fraction of sp³-hybridized carbons (Fsp3) is 0.391. The highest BCUT2D eigenvalue weighted by Gasteiger charge is 2.24. The number of aromatic amines is 1. The Balaban J connectivity index is 1.56. The van der Waals surface area contributed by atoms with Crippen molar-refractivity contribution in [2.24, 2.45) is 0 Å². The molecule has 0 saturated heterocycles. The molecule has 1 aliphatic rings. The van der Waals surface area contributed by atoms with Crippen molar-refractivity contribution in [3.8, 4) is 5.75 Å². The number of fused-ring (bicyclic) bond motifs is 1. The molecule has 0 radical (unpaired) electrons. The maximum Gasteiger partial charge on any atom is 0.315 e. The van der Waals surface area contributed by atoms with Gasteiger partial charge in [-0.25, -0.2) is 18.6 Å². The summed E-state index contributed by atoms with van der Waals surface area (Å²) in [6.07, 6.45) is 2.47. The predicted molar refractivity (Wildman–Crippen MR) is 115 cm³/mol. The van der Waals surface area contributed by atoms with Gasteiger partial charge in [-0.05, 0) is 55.5 Å². The third kappa shape index (κ3) is 4.99. The van der Waals surface area contributed by atoms with Crippen LogP contribution in [0.5, 0.6) is 5.75 Å². The van der Waals surface area contributed by atoms with E-state index >= 15 is 0 Å². The van der Waals surface area contributed by atoms with Gasteiger partial charge < -0.3 is 25.5 Å². The molecule has 1 fully saturated rings. The van der Waals surface area contributed by atoms with Crippen LogP contribution in [0.3, 0.4) is 0 Å². The summed E-state index contributed by atoms with van der Waals surface area (Å²) in [5.74, 6) is -1.58. The number of carbonyl (C=O) groups is 1. The zero-order chi connectivity index (χ0) is 22.7. The van der Waals surface area contributed by atoms with Crippen molar-refractivity contribution in [2.75, 3.05) is 7.11 Å². The van der Waals surface area contributed by atoms with Gasteiger partial charge in [-0.15, -0.1) is 0 Å². The molecular weight excluding hydrogens is 418 g/mol. The molecule has 0 aliphatic heterocycles. The summed E-state index contributed by atoms with van der Waals surface area (Å²) in [6.45, 7) is 0. The average molecular weight is 444 g/mol. The summed E-state index contributed by atoms with van der Waals surface area (Å²) in [6, 6.07) is 8.73. The normalized spacial score (nSPS) is 19.5. The number of nitrogens with one attached hydrogen (secondary N) is 3. The van der Waals surface area contributed by atoms with Crippen LogP contribution in [-0.4, -0.2) is 40.4 Å². The van der Waals surface area contributed by atoms with Crippen molar-refractivity contribution in [3.63, 3.8) is 0 Å². The first-order chi connectivity index (χ1) is 15.4. The molecule has 32 heavy (non-hydrogen) atoms. The van der Waals surface area contributed by atoms with E-state index < -0.39 is 29.5 Å². The fourth-order valence-electron chi connectivity index (χ4n) is 4.12. The van der Waals surface area contributed by atoms with Crippen LogP contribution in [0.15, 0.2) is 36.4 Å². The number of aliphatic hydroxyl groups is 1. The molecule has 9 heteroatoms. The minimum Gasteiger partial charge on any atom is -0.491 e. The number of aliphatic hydroxyl groups excluding tert-OH is 1. The second-order valence-electron chi connectivity index (χ2n) is 8.11. The molecule has 2 aromatic carbocycles. The number of imidazole rings is 1. The number of H-pyrrole nitrogens is 1. The summed E-state index contributed by atoms with van der Waals surface area (Å²) in [7, 11) is 1.20. The number of halogens is 2. The van der Waals surface area contributed by atoms with Gasteiger partial charge in [0, 0.05) is 12.5 Å². The number of benzene rings is 2.